The van der Waals surface area contributed by atoms with Crippen molar-refractivity contribution < 1.29 is 5.11 Å². The Kier molecular flexibility index (Phi) is 4.31. The molecule has 0 aliphatic carbocycles. The Labute approximate surface area is 120 Å². The minimum absolute atomic E-state index is 0.234. The van der Waals surface area contributed by atoms with Gasteiger partial charge in [0, 0.05) is 38.8 Å². The highest BCUT2D eigenvalue weighted by Crippen LogP contribution is 2.30. The Morgan fingerprint density at radius 3 is 2.60 bits per heavy atom. The van der Waals surface area contributed by atoms with Gasteiger partial charge in [0.25, 0.3) is 0 Å². The summed E-state index contributed by atoms with van der Waals surface area (Å²) in [6.45, 7) is 4.40. The maximum Gasteiger partial charge on any atom is 0.0449 e. The largest absolute Gasteiger partial charge is 0.396 e. The van der Waals surface area contributed by atoms with Crippen LogP contribution < -0.4 is 5.32 Å². The predicted molar refractivity (Wildman–Crippen MR) is 82.8 cm³/mol. The van der Waals surface area contributed by atoms with Crippen LogP contribution in [0.4, 0.5) is 0 Å². The molecular weight excluding hydrogens is 248 g/mol. The average Bonchev–Trinajstić information content (AvgIpc) is 2.53. The number of benzene rings is 2. The third-order valence-corrected chi connectivity index (χ3v) is 4.18. The molecule has 2 N–H and O–H groups in total. The van der Waals surface area contributed by atoms with E-state index in [1.807, 2.05) is 0 Å². The highest BCUT2D eigenvalue weighted by atomic mass is 16.3. The molecule has 3 rings (SSSR count). The first-order valence-corrected chi connectivity index (χ1v) is 7.43. The van der Waals surface area contributed by atoms with Gasteiger partial charge < -0.3 is 10.4 Å². The van der Waals surface area contributed by atoms with Gasteiger partial charge in [0.2, 0.25) is 0 Å². The zero-order valence-electron chi connectivity index (χ0n) is 11.8. The van der Waals surface area contributed by atoms with Gasteiger partial charge in [-0.25, -0.2) is 0 Å². The molecule has 3 heteroatoms. The van der Waals surface area contributed by atoms with Crippen LogP contribution in [0, 0.1) is 0 Å². The van der Waals surface area contributed by atoms with Crippen LogP contribution in [0.1, 0.15) is 18.0 Å². The quantitative estimate of drug-likeness (QED) is 0.894. The highest BCUT2D eigenvalue weighted by Gasteiger charge is 2.22. The van der Waals surface area contributed by atoms with Crippen LogP contribution in [-0.4, -0.2) is 42.8 Å². The van der Waals surface area contributed by atoms with E-state index >= 15 is 0 Å². The first-order chi connectivity index (χ1) is 9.90. The number of aliphatic hydroxyl groups excluding tert-OH is 1. The number of hydrogen-bond acceptors (Lipinski definition) is 3. The number of piperazine rings is 1. The van der Waals surface area contributed by atoms with E-state index < -0.39 is 0 Å². The summed E-state index contributed by atoms with van der Waals surface area (Å²) >= 11 is 0. The van der Waals surface area contributed by atoms with E-state index in [1.54, 1.807) is 0 Å². The highest BCUT2D eigenvalue weighted by molar-refractivity contribution is 5.86. The maximum atomic E-state index is 9.46. The third kappa shape index (κ3) is 2.70. The van der Waals surface area contributed by atoms with Gasteiger partial charge in [-0.2, -0.15) is 0 Å². The third-order valence-electron chi connectivity index (χ3n) is 4.18. The minimum Gasteiger partial charge on any atom is -0.396 e. The van der Waals surface area contributed by atoms with Gasteiger partial charge in [-0.05, 0) is 22.8 Å². The summed E-state index contributed by atoms with van der Waals surface area (Å²) in [5, 5.41) is 15.4. The van der Waals surface area contributed by atoms with Crippen LogP contribution in [0.5, 0.6) is 0 Å². The lowest BCUT2D eigenvalue weighted by atomic mass is 9.95. The Morgan fingerprint density at radius 2 is 1.80 bits per heavy atom. The smallest absolute Gasteiger partial charge is 0.0449 e. The molecule has 0 radical (unpaired) electrons. The Morgan fingerprint density at radius 1 is 1.05 bits per heavy atom. The first kappa shape index (κ1) is 13.6. The Balaban J connectivity index is 2.00. The molecule has 0 spiro atoms. The van der Waals surface area contributed by atoms with E-state index in [9.17, 15) is 5.11 Å². The number of aliphatic hydroxyl groups is 1. The molecule has 1 fully saturated rings. The summed E-state index contributed by atoms with van der Waals surface area (Å²) in [6.07, 6.45) is 0.800. The molecule has 106 valence electrons. The van der Waals surface area contributed by atoms with Crippen molar-refractivity contribution in [2.75, 3.05) is 32.8 Å². The number of nitrogens with one attached hydrogen (secondary N) is 1. The van der Waals surface area contributed by atoms with Gasteiger partial charge in [0.1, 0.15) is 0 Å². The van der Waals surface area contributed by atoms with Crippen molar-refractivity contribution in [3.63, 3.8) is 0 Å². The Hall–Kier alpha value is -1.42. The van der Waals surface area contributed by atoms with Crippen molar-refractivity contribution in [2.45, 2.75) is 12.5 Å². The molecule has 0 saturated carbocycles. The molecule has 3 nitrogen and oxygen atoms in total. The summed E-state index contributed by atoms with van der Waals surface area (Å²) in [6, 6.07) is 15.3. The molecule has 1 aliphatic rings. The van der Waals surface area contributed by atoms with E-state index in [2.05, 4.69) is 52.7 Å². The van der Waals surface area contributed by atoms with Crippen LogP contribution in [0.3, 0.4) is 0 Å². The molecule has 2 aromatic rings. The van der Waals surface area contributed by atoms with E-state index in [1.165, 1.54) is 16.3 Å². The number of hydrogen-bond donors (Lipinski definition) is 2. The summed E-state index contributed by atoms with van der Waals surface area (Å²) in [4.78, 5) is 2.49. The lowest BCUT2D eigenvalue weighted by Gasteiger charge is -2.35. The van der Waals surface area contributed by atoms with E-state index in [0.717, 1.165) is 32.6 Å². The van der Waals surface area contributed by atoms with Gasteiger partial charge in [-0.3, -0.25) is 4.90 Å². The average molecular weight is 270 g/mol. The van der Waals surface area contributed by atoms with Crippen molar-refractivity contribution in [1.29, 1.82) is 0 Å². The SMILES string of the molecule is OCC[C@H](c1cccc2ccccc12)N1CCNCC1. The molecule has 0 amide bonds. The minimum atomic E-state index is 0.234. The lowest BCUT2D eigenvalue weighted by Crippen LogP contribution is -2.45. The first-order valence-electron chi connectivity index (χ1n) is 7.43. The second-order valence-electron chi connectivity index (χ2n) is 5.38. The van der Waals surface area contributed by atoms with Gasteiger partial charge in [-0.1, -0.05) is 42.5 Å². The summed E-state index contributed by atoms with van der Waals surface area (Å²) < 4.78 is 0. The molecule has 0 unspecified atom stereocenters. The van der Waals surface area contributed by atoms with Crippen molar-refractivity contribution in [3.8, 4) is 0 Å². The molecule has 1 heterocycles. The molecule has 1 aliphatic heterocycles. The van der Waals surface area contributed by atoms with Crippen molar-refractivity contribution in [3.05, 3.63) is 48.0 Å². The molecule has 0 bridgehead atoms. The second-order valence-corrected chi connectivity index (χ2v) is 5.38. The van der Waals surface area contributed by atoms with Crippen molar-refractivity contribution in [2.24, 2.45) is 0 Å². The number of rotatable bonds is 4. The fourth-order valence-electron chi connectivity index (χ4n) is 3.19. The number of fused-ring (bicyclic) bond motifs is 1. The van der Waals surface area contributed by atoms with Gasteiger partial charge >= 0.3 is 0 Å². The van der Waals surface area contributed by atoms with Crippen LogP contribution in [0.2, 0.25) is 0 Å². The van der Waals surface area contributed by atoms with E-state index in [-0.39, 0.29) is 6.61 Å². The van der Waals surface area contributed by atoms with Gasteiger partial charge in [0.15, 0.2) is 0 Å². The normalized spacial score (nSPS) is 18.2. The zero-order valence-corrected chi connectivity index (χ0v) is 11.8. The molecule has 1 atom stereocenters. The molecule has 1 saturated heterocycles. The molecule has 20 heavy (non-hydrogen) atoms. The lowest BCUT2D eigenvalue weighted by molar-refractivity contribution is 0.142. The summed E-state index contributed by atoms with van der Waals surface area (Å²) in [5.74, 6) is 0. The summed E-state index contributed by atoms with van der Waals surface area (Å²) in [7, 11) is 0. The zero-order chi connectivity index (χ0) is 13.8. The van der Waals surface area contributed by atoms with Crippen molar-refractivity contribution >= 4 is 10.8 Å². The molecule has 2 aromatic carbocycles. The van der Waals surface area contributed by atoms with Gasteiger partial charge in [-0.15, -0.1) is 0 Å². The Bertz CT molecular complexity index is 558. The fraction of sp³-hybridized carbons (Fsp3) is 0.412. The van der Waals surface area contributed by atoms with Crippen LogP contribution >= 0.6 is 0 Å². The maximum absolute atomic E-state index is 9.46. The van der Waals surface area contributed by atoms with Crippen LogP contribution in [0.15, 0.2) is 42.5 Å². The van der Waals surface area contributed by atoms with E-state index in [0.29, 0.717) is 6.04 Å². The molecular formula is C17H22N2O. The summed E-state index contributed by atoms with van der Waals surface area (Å²) in [5.41, 5.74) is 1.35. The topological polar surface area (TPSA) is 35.5 Å². The van der Waals surface area contributed by atoms with Crippen LogP contribution in [0.25, 0.3) is 10.8 Å². The monoisotopic (exact) mass is 270 g/mol. The van der Waals surface area contributed by atoms with Gasteiger partial charge in [0.05, 0.1) is 0 Å². The second kappa shape index (κ2) is 6.35. The standard InChI is InChI=1S/C17H22N2O/c20-13-8-17(19-11-9-18-10-12-19)16-7-3-5-14-4-1-2-6-15(14)16/h1-7,17-18,20H,8-13H2/t17-/m1/s1. The van der Waals surface area contributed by atoms with Crippen LogP contribution in [-0.2, 0) is 0 Å². The fourth-order valence-corrected chi connectivity index (χ4v) is 3.19. The predicted octanol–water partition coefficient (Wildman–Crippen LogP) is 2.17. The van der Waals surface area contributed by atoms with E-state index in [4.69, 9.17) is 0 Å². The number of nitrogens with zero attached hydrogens (tertiary/aromatic N) is 1. The molecule has 0 aromatic heterocycles. The van der Waals surface area contributed by atoms with Crippen molar-refractivity contribution in [1.82, 2.24) is 10.2 Å².